The molecule has 3 rings (SSSR count). The highest BCUT2D eigenvalue weighted by Crippen LogP contribution is 2.34. The fourth-order valence-electron chi connectivity index (χ4n) is 3.05. The van der Waals surface area contributed by atoms with Crippen LogP contribution in [-0.2, 0) is 40.1 Å². The van der Waals surface area contributed by atoms with Crippen molar-refractivity contribution in [2.75, 3.05) is 20.3 Å². The molecule has 132 valence electrons. The van der Waals surface area contributed by atoms with Crippen LogP contribution in [0.1, 0.15) is 23.9 Å². The molecule has 0 saturated carbocycles. The van der Waals surface area contributed by atoms with Gasteiger partial charge in [0.15, 0.2) is 5.69 Å². The van der Waals surface area contributed by atoms with Crippen LogP contribution in [-0.4, -0.2) is 57.8 Å². The summed E-state index contributed by atoms with van der Waals surface area (Å²) in [5, 5.41) is 3.60. The summed E-state index contributed by atoms with van der Waals surface area (Å²) in [6.45, 7) is 1.50. The fourth-order valence-corrected chi connectivity index (χ4v) is 3.05. The number of hydrogen-bond donors (Lipinski definition) is 0. The number of rotatable bonds is 2. The van der Waals surface area contributed by atoms with Crippen LogP contribution in [0.3, 0.4) is 0 Å². The van der Waals surface area contributed by atoms with Crippen molar-refractivity contribution in [3.8, 4) is 0 Å². The summed E-state index contributed by atoms with van der Waals surface area (Å²) in [6, 6.07) is -0.626. The van der Waals surface area contributed by atoms with Gasteiger partial charge in [-0.15, -0.1) is 0 Å². The van der Waals surface area contributed by atoms with Gasteiger partial charge in [0.1, 0.15) is 12.6 Å². The van der Waals surface area contributed by atoms with Crippen LogP contribution >= 0.6 is 0 Å². The standard InChI is InChI=1S/C14H17F3N4O3/c1-8-13(23)19(2)7-20(8)11(22)5-21-10-3-4-24-6-9(10)12(18-21)14(15,16)17/h8H,3-7H2,1-2H3. The molecule has 1 aromatic rings. The molecule has 0 radical (unpaired) electrons. The maximum atomic E-state index is 13.1. The molecule has 3 heterocycles. The van der Waals surface area contributed by atoms with Gasteiger partial charge in [0.2, 0.25) is 11.8 Å². The second kappa shape index (κ2) is 5.76. The van der Waals surface area contributed by atoms with Crippen LogP contribution in [0.5, 0.6) is 0 Å². The van der Waals surface area contributed by atoms with E-state index >= 15 is 0 Å². The van der Waals surface area contributed by atoms with Crippen molar-refractivity contribution in [3.63, 3.8) is 0 Å². The first kappa shape index (κ1) is 16.7. The molecule has 0 bridgehead atoms. The molecule has 1 unspecified atom stereocenters. The highest BCUT2D eigenvalue weighted by atomic mass is 19.4. The third kappa shape index (κ3) is 2.74. The van der Waals surface area contributed by atoms with E-state index in [0.29, 0.717) is 5.69 Å². The Bertz CT molecular complexity index is 686. The Labute approximate surface area is 135 Å². The minimum Gasteiger partial charge on any atom is -0.376 e. The largest absolute Gasteiger partial charge is 0.435 e. The Balaban J connectivity index is 1.87. The number of carbonyl (C=O) groups excluding carboxylic acids is 2. The predicted molar refractivity (Wildman–Crippen MR) is 74.5 cm³/mol. The van der Waals surface area contributed by atoms with Crippen molar-refractivity contribution < 1.29 is 27.5 Å². The van der Waals surface area contributed by atoms with Gasteiger partial charge >= 0.3 is 6.18 Å². The number of ether oxygens (including phenoxy) is 1. The fraction of sp³-hybridized carbons (Fsp3) is 0.643. The van der Waals surface area contributed by atoms with Crippen LogP contribution in [0.25, 0.3) is 0 Å². The zero-order valence-electron chi connectivity index (χ0n) is 13.3. The number of nitrogens with zero attached hydrogens (tertiary/aromatic N) is 4. The van der Waals surface area contributed by atoms with E-state index in [1.54, 1.807) is 14.0 Å². The van der Waals surface area contributed by atoms with Crippen molar-refractivity contribution in [2.24, 2.45) is 0 Å². The van der Waals surface area contributed by atoms with Gasteiger partial charge in [0.05, 0.1) is 19.9 Å². The van der Waals surface area contributed by atoms with Crippen LogP contribution in [0, 0.1) is 0 Å². The second-order valence-electron chi connectivity index (χ2n) is 5.95. The van der Waals surface area contributed by atoms with Gasteiger partial charge < -0.3 is 14.5 Å². The van der Waals surface area contributed by atoms with E-state index in [2.05, 4.69) is 5.10 Å². The SMILES string of the molecule is CC1C(=O)N(C)CN1C(=O)Cn1nc(C(F)(F)F)c2c1CCOC2. The van der Waals surface area contributed by atoms with Gasteiger partial charge in [0, 0.05) is 24.7 Å². The molecule has 1 atom stereocenters. The molecule has 24 heavy (non-hydrogen) atoms. The van der Waals surface area contributed by atoms with Crippen LogP contribution in [0.4, 0.5) is 13.2 Å². The summed E-state index contributed by atoms with van der Waals surface area (Å²) in [6.07, 6.45) is -4.34. The normalized spacial score (nSPS) is 21.4. The maximum absolute atomic E-state index is 13.1. The number of hydrogen-bond acceptors (Lipinski definition) is 4. The summed E-state index contributed by atoms with van der Waals surface area (Å²) in [5.74, 6) is -0.638. The smallest absolute Gasteiger partial charge is 0.376 e. The van der Waals surface area contributed by atoms with Crippen molar-refractivity contribution in [1.29, 1.82) is 0 Å². The molecule has 1 aromatic heterocycles. The van der Waals surface area contributed by atoms with Crippen molar-refractivity contribution in [2.45, 2.75) is 38.7 Å². The lowest BCUT2D eigenvalue weighted by Crippen LogP contribution is -2.38. The van der Waals surface area contributed by atoms with E-state index in [0.717, 1.165) is 4.68 Å². The van der Waals surface area contributed by atoms with E-state index in [-0.39, 0.29) is 44.3 Å². The Hall–Kier alpha value is -2.10. The first-order valence-corrected chi connectivity index (χ1v) is 7.48. The quantitative estimate of drug-likeness (QED) is 0.787. The Morgan fingerprint density at radius 1 is 1.42 bits per heavy atom. The molecule has 0 spiro atoms. The Morgan fingerprint density at radius 3 is 2.71 bits per heavy atom. The minimum absolute atomic E-state index is 0.00999. The first-order chi connectivity index (χ1) is 11.2. The summed E-state index contributed by atoms with van der Waals surface area (Å²) in [7, 11) is 1.57. The summed E-state index contributed by atoms with van der Waals surface area (Å²) in [4.78, 5) is 27.0. The van der Waals surface area contributed by atoms with Gasteiger partial charge in [-0.05, 0) is 6.92 Å². The highest BCUT2D eigenvalue weighted by molar-refractivity contribution is 5.90. The Kier molecular flexibility index (Phi) is 4.02. The van der Waals surface area contributed by atoms with Crippen molar-refractivity contribution >= 4 is 11.8 Å². The van der Waals surface area contributed by atoms with E-state index in [9.17, 15) is 22.8 Å². The third-order valence-electron chi connectivity index (χ3n) is 4.34. The molecule has 1 saturated heterocycles. The second-order valence-corrected chi connectivity index (χ2v) is 5.95. The zero-order valence-corrected chi connectivity index (χ0v) is 13.3. The van der Waals surface area contributed by atoms with Gasteiger partial charge in [-0.25, -0.2) is 0 Å². The number of carbonyl (C=O) groups is 2. The van der Waals surface area contributed by atoms with Crippen molar-refractivity contribution in [1.82, 2.24) is 19.6 Å². The number of alkyl halides is 3. The molecule has 0 aromatic carbocycles. The summed E-state index contributed by atoms with van der Waals surface area (Å²) >= 11 is 0. The van der Waals surface area contributed by atoms with Crippen LogP contribution < -0.4 is 0 Å². The third-order valence-corrected chi connectivity index (χ3v) is 4.34. The number of amides is 2. The van der Waals surface area contributed by atoms with E-state index < -0.39 is 23.8 Å². The topological polar surface area (TPSA) is 67.7 Å². The molecule has 1 fully saturated rings. The lowest BCUT2D eigenvalue weighted by atomic mass is 10.1. The molecule has 2 aliphatic rings. The van der Waals surface area contributed by atoms with Gasteiger partial charge in [-0.1, -0.05) is 0 Å². The van der Waals surface area contributed by atoms with Gasteiger partial charge in [0.25, 0.3) is 0 Å². The number of fused-ring (bicyclic) bond motifs is 1. The molecule has 0 aliphatic carbocycles. The molecule has 0 N–H and O–H groups in total. The van der Waals surface area contributed by atoms with E-state index in [4.69, 9.17) is 4.74 Å². The summed E-state index contributed by atoms with van der Waals surface area (Å²) < 4.78 is 45.5. The zero-order chi connectivity index (χ0) is 17.6. The molecular formula is C14H17F3N4O3. The molecule has 10 heteroatoms. The average Bonchev–Trinajstić information content (AvgIpc) is 3.01. The maximum Gasteiger partial charge on any atom is 0.435 e. The monoisotopic (exact) mass is 346 g/mol. The molecule has 2 amide bonds. The average molecular weight is 346 g/mol. The van der Waals surface area contributed by atoms with Crippen molar-refractivity contribution in [3.05, 3.63) is 17.0 Å². The predicted octanol–water partition coefficient (Wildman–Crippen LogP) is 0.621. The van der Waals surface area contributed by atoms with Crippen LogP contribution in [0.15, 0.2) is 0 Å². The number of likely N-dealkylation sites (N-methyl/N-ethyl adjacent to an activating group) is 1. The lowest BCUT2D eigenvalue weighted by Gasteiger charge is -2.20. The molecular weight excluding hydrogens is 329 g/mol. The van der Waals surface area contributed by atoms with E-state index in [1.807, 2.05) is 0 Å². The lowest BCUT2D eigenvalue weighted by molar-refractivity contribution is -0.143. The van der Waals surface area contributed by atoms with Gasteiger partial charge in [-0.2, -0.15) is 18.3 Å². The molecule has 7 nitrogen and oxygen atoms in total. The van der Waals surface area contributed by atoms with E-state index in [1.165, 1.54) is 9.80 Å². The number of halogens is 3. The Morgan fingerprint density at radius 2 is 2.12 bits per heavy atom. The highest BCUT2D eigenvalue weighted by Gasteiger charge is 2.41. The van der Waals surface area contributed by atoms with Crippen LogP contribution in [0.2, 0.25) is 0 Å². The first-order valence-electron chi connectivity index (χ1n) is 7.48. The molecule has 2 aliphatic heterocycles. The summed E-state index contributed by atoms with van der Waals surface area (Å²) in [5.41, 5.74) is -0.648. The minimum atomic E-state index is -4.60. The van der Waals surface area contributed by atoms with Gasteiger partial charge in [-0.3, -0.25) is 14.3 Å². The number of aromatic nitrogens is 2.